The molecule has 7 aliphatic rings. The Hall–Kier alpha value is -10.4. The average Bonchev–Trinajstić information content (AvgIpc) is 0.718. The van der Waals surface area contributed by atoms with E-state index in [4.69, 9.17) is 39.3 Å². The summed E-state index contributed by atoms with van der Waals surface area (Å²) in [5.41, 5.74) is 6.04. The van der Waals surface area contributed by atoms with Gasteiger partial charge in [-0.25, -0.2) is 0 Å². The second-order valence-electron chi connectivity index (χ2n) is 36.6. The molecule has 10 amide bonds. The number of carbonyl (C=O) groups excluding carboxylic acids is 11. The number of hydrogen-bond donors (Lipinski definition) is 12. The van der Waals surface area contributed by atoms with Crippen LogP contribution in [0.4, 0.5) is 11.4 Å². The summed E-state index contributed by atoms with van der Waals surface area (Å²) in [5.74, 6) is 6.45. The number of aliphatic hydroxyl groups is 2. The predicted molar refractivity (Wildman–Crippen MR) is 483 cm³/mol. The highest BCUT2D eigenvalue weighted by atomic mass is 16.6. The average molecular weight is 1790 g/mol. The number of phenols is 1. The third kappa shape index (κ3) is 25.9. The summed E-state index contributed by atoms with van der Waals surface area (Å²) in [4.78, 5) is 159. The number of aryl methyl sites for hydroxylation is 2. The van der Waals surface area contributed by atoms with Gasteiger partial charge in [-0.3, -0.25) is 58.3 Å². The van der Waals surface area contributed by atoms with Crippen LogP contribution in [0.3, 0.4) is 0 Å². The van der Waals surface area contributed by atoms with Crippen molar-refractivity contribution in [1.82, 2.24) is 37.2 Å². The monoisotopic (exact) mass is 1780 g/mol. The largest absolute Gasteiger partial charge is 0.508 e. The molecule has 1 unspecified atom stereocenters. The van der Waals surface area contributed by atoms with Gasteiger partial charge >= 0.3 is 0 Å². The Kier molecular flexibility index (Phi) is 36.1. The maximum Gasteiger partial charge on any atom is 0.254 e. The number of ether oxygens (including phenoxy) is 6. The number of nitrogens with zero attached hydrogens (tertiary/aromatic N) is 3. The van der Waals surface area contributed by atoms with E-state index in [9.17, 15) is 68.1 Å². The summed E-state index contributed by atoms with van der Waals surface area (Å²) in [6, 6.07) is 20.7. The number of unbranched alkanes of at least 4 members (excludes halogenated alkanes) is 1. The number of nitrogens with one attached hydrogen (secondary N) is 8. The van der Waals surface area contributed by atoms with Crippen LogP contribution < -0.4 is 53.3 Å². The standard InChI is InChI=1S/C97H132N12O20/c1-61(2)86(91(121)101-62(3)88(118)105-76(59-111)90(120)102-68-32-28-64-30-34-79-94(4,72(64)53-68)39-17-41-96(79,6)92(122)107-93(123)97(7)42-18-40-95(5)73-55-69(112)33-29-65(73)31-35-80(95)97)106-89(119)75(23-15-16-43-99-83(116)60-128-78-25-10-8-9-22-74(87(78)108-98)104-84-56-70(113)54-71(58-110)129-84)103-82(115)38-45-124-47-49-126-51-52-127-50-48-125-46-44-100-81(114)36-37-85(117)109-57-67-21-12-11-19-63(67)26-27-66-20-13-14-24-77(66)109/h11-14,19-21,24,28-29,32-33,53,55,59,61-62,70-71,75-76,78-80,84,86,110,112-113H,8-10,15-18,22-23,25,30-31,34-52,54,56-58,60,98H2,1-7H3,(H,99,116)(H,100,114)(H,101,121)(H,102,120)(H,103,115)(H,105,118)(H,106,119)(H,107,122,123)/t62-,70-,71-,75+,76-,78?,79+,80+,84-,86-,94+,95+,96-,97-/m0/s1. The first-order valence-corrected chi connectivity index (χ1v) is 46.0. The molecule has 4 fully saturated rings. The molecule has 0 spiro atoms. The number of aromatic hydroxyl groups is 1. The predicted octanol–water partition coefficient (Wildman–Crippen LogP) is 7.06. The Morgan fingerprint density at radius 3 is 1.91 bits per heavy atom. The van der Waals surface area contributed by atoms with Crippen molar-refractivity contribution in [2.24, 2.45) is 44.5 Å². The fourth-order valence-corrected chi connectivity index (χ4v) is 20.1. The van der Waals surface area contributed by atoms with Crippen molar-refractivity contribution in [2.45, 2.75) is 262 Å². The molecule has 700 valence electrons. The van der Waals surface area contributed by atoms with Crippen LogP contribution in [0.2, 0.25) is 0 Å². The van der Waals surface area contributed by atoms with Crippen LogP contribution in [0.1, 0.15) is 222 Å². The molecule has 1 saturated heterocycles. The van der Waals surface area contributed by atoms with E-state index in [-0.39, 0.29) is 171 Å². The Morgan fingerprint density at radius 1 is 0.612 bits per heavy atom. The van der Waals surface area contributed by atoms with Gasteiger partial charge in [0.15, 0.2) is 18.6 Å². The maximum absolute atomic E-state index is 14.9. The Balaban J connectivity index is 0.624. The quantitative estimate of drug-likeness (QED) is 0.00402. The lowest BCUT2D eigenvalue weighted by Crippen LogP contribution is -2.60. The number of hydrogen-bond acceptors (Lipinski definition) is 23. The molecule has 5 aliphatic carbocycles. The number of para-hydroxylation sites is 1. The molecule has 2 aliphatic heterocycles. The van der Waals surface area contributed by atoms with E-state index in [2.05, 4.69) is 73.3 Å². The van der Waals surface area contributed by atoms with E-state index >= 15 is 0 Å². The highest BCUT2D eigenvalue weighted by molar-refractivity contribution is 6.44. The first-order chi connectivity index (χ1) is 62.0. The normalized spacial score (nSPS) is 24.9. The molecule has 0 bridgehead atoms. The van der Waals surface area contributed by atoms with E-state index in [0.29, 0.717) is 87.1 Å². The summed E-state index contributed by atoms with van der Waals surface area (Å²) in [5, 5.41) is 56.8. The van der Waals surface area contributed by atoms with Crippen LogP contribution in [0, 0.1) is 40.4 Å². The van der Waals surface area contributed by atoms with Crippen molar-refractivity contribution in [3.05, 3.63) is 124 Å². The number of amides is 10. The first-order valence-electron chi connectivity index (χ1n) is 46.0. The number of anilines is 2. The van der Waals surface area contributed by atoms with Crippen molar-refractivity contribution >= 4 is 88.2 Å². The van der Waals surface area contributed by atoms with Gasteiger partial charge in [0.05, 0.1) is 100 Å². The minimum absolute atomic E-state index is 0.00595. The molecule has 2 heterocycles. The van der Waals surface area contributed by atoms with Gasteiger partial charge in [-0.15, -0.1) is 0 Å². The number of aliphatic hydroxyl groups excluding tert-OH is 2. The summed E-state index contributed by atoms with van der Waals surface area (Å²) >= 11 is 0. The Bertz CT molecular complexity index is 4760. The van der Waals surface area contributed by atoms with Crippen molar-refractivity contribution in [2.75, 3.05) is 89.4 Å². The molecule has 3 saturated carbocycles. The fourth-order valence-electron chi connectivity index (χ4n) is 20.1. The van der Waals surface area contributed by atoms with Crippen molar-refractivity contribution in [1.29, 1.82) is 0 Å². The Morgan fingerprint density at radius 2 is 1.24 bits per heavy atom. The minimum atomic E-state index is -1.71. The van der Waals surface area contributed by atoms with Gasteiger partial charge in [-0.1, -0.05) is 122 Å². The number of aldehydes is 1. The molecular weight excluding hydrogens is 1650 g/mol. The van der Waals surface area contributed by atoms with Crippen molar-refractivity contribution in [3.63, 3.8) is 0 Å². The smallest absolute Gasteiger partial charge is 0.254 e. The molecule has 11 rings (SSSR count). The molecule has 0 radical (unpaired) electrons. The van der Waals surface area contributed by atoms with Gasteiger partial charge in [0, 0.05) is 62.0 Å². The SMILES string of the molecule is CC(C)[C@H](NC(=O)[C@@H](CCCCNC(=O)COC1CCCCCC(=N[C@@H]2C[C@@H](O)C[C@@H](CO)O2)C1=NN)NC(=O)CCOCCOCCOCCOCCNC(=O)CCC(=O)N1Cc2ccccc2C#Cc2ccccc21)C(=O)N[C@@H](C)C(=O)N[C@@H](C=O)C(=O)Nc1ccc2c(c1)[C@@]1(C)CCC[C@](C)(C(=O)NC(=O)[C@@]3(C)CCC[C@]4(C)c5cc(O)ccc5CC[C@@H]34)[C@@H]1CC2. The summed E-state index contributed by atoms with van der Waals surface area (Å²) < 4.78 is 34.6. The van der Waals surface area contributed by atoms with Gasteiger partial charge < -0.3 is 96.5 Å². The van der Waals surface area contributed by atoms with Crippen LogP contribution >= 0.6 is 0 Å². The third-order valence-electron chi connectivity index (χ3n) is 27.1. The van der Waals surface area contributed by atoms with Gasteiger partial charge in [-0.05, 0) is 196 Å². The van der Waals surface area contributed by atoms with E-state index in [1.165, 1.54) is 12.5 Å². The van der Waals surface area contributed by atoms with E-state index in [0.717, 1.165) is 84.7 Å². The molecule has 129 heavy (non-hydrogen) atoms. The number of imide groups is 1. The first kappa shape index (κ1) is 99.2. The van der Waals surface area contributed by atoms with E-state index in [1.807, 2.05) is 86.6 Å². The van der Waals surface area contributed by atoms with Gasteiger partial charge in [0.1, 0.15) is 42.3 Å². The van der Waals surface area contributed by atoms with E-state index in [1.54, 1.807) is 30.9 Å². The number of rotatable bonds is 41. The summed E-state index contributed by atoms with van der Waals surface area (Å²) in [6.45, 7) is 14.6. The highest BCUT2D eigenvalue weighted by Crippen LogP contribution is 2.60. The zero-order valence-corrected chi connectivity index (χ0v) is 75.7. The molecule has 32 heteroatoms. The number of aliphatic imine (C=N–C) groups is 1. The highest BCUT2D eigenvalue weighted by Gasteiger charge is 2.59. The molecule has 14 atom stereocenters. The molecule has 4 aromatic carbocycles. The topological polar surface area (TPSA) is 454 Å². The van der Waals surface area contributed by atoms with Crippen LogP contribution in [0.5, 0.6) is 5.75 Å². The molecule has 0 aromatic heterocycles. The number of fused-ring (bicyclic) bond motifs is 8. The molecular formula is C97H132N12O20. The number of hydrazone groups is 1. The minimum Gasteiger partial charge on any atom is -0.508 e. The second kappa shape index (κ2) is 46.9. The molecule has 32 nitrogen and oxygen atoms in total. The molecule has 13 N–H and O–H groups in total. The summed E-state index contributed by atoms with van der Waals surface area (Å²) in [6.07, 6.45) is 9.27. The number of nitrogens with two attached hydrogens (primary N) is 1. The second-order valence-corrected chi connectivity index (χ2v) is 36.6. The lowest BCUT2D eigenvalue weighted by atomic mass is 9.49. The Labute approximate surface area is 755 Å². The van der Waals surface area contributed by atoms with Crippen LogP contribution in [0.25, 0.3) is 0 Å². The van der Waals surface area contributed by atoms with Crippen molar-refractivity contribution in [3.8, 4) is 17.6 Å². The van der Waals surface area contributed by atoms with Gasteiger partial charge in [0.25, 0.3) is 5.91 Å². The van der Waals surface area contributed by atoms with Crippen LogP contribution in [-0.2, 0) is 111 Å². The van der Waals surface area contributed by atoms with E-state index < -0.39 is 106 Å². The zero-order valence-electron chi connectivity index (χ0n) is 75.7. The number of benzene rings is 4. The summed E-state index contributed by atoms with van der Waals surface area (Å²) in [7, 11) is 0. The lowest BCUT2D eigenvalue weighted by Gasteiger charge is -2.56. The zero-order chi connectivity index (χ0) is 92.4. The maximum atomic E-state index is 14.9. The van der Waals surface area contributed by atoms with Crippen LogP contribution in [0.15, 0.2) is 95.0 Å². The van der Waals surface area contributed by atoms with Gasteiger partial charge in [-0.2, -0.15) is 5.10 Å². The third-order valence-corrected chi connectivity index (χ3v) is 27.1. The number of phenolic OH excluding ortho intramolecular Hbond substituents is 1. The number of carbonyl (C=O) groups is 11. The lowest BCUT2D eigenvalue weighted by molar-refractivity contribution is -0.150. The van der Waals surface area contributed by atoms with Gasteiger partial charge in [0.2, 0.25) is 53.2 Å². The van der Waals surface area contributed by atoms with Crippen LogP contribution in [-0.4, -0.2) is 220 Å². The fraction of sp³-hybridized carbons (Fsp3) is 0.598. The molecule has 4 aromatic rings. The van der Waals surface area contributed by atoms with Crippen molar-refractivity contribution < 1.29 is 96.5 Å².